The van der Waals surface area contributed by atoms with Gasteiger partial charge in [0.2, 0.25) is 0 Å². The third kappa shape index (κ3) is 6.04. The first-order chi connectivity index (χ1) is 10.3. The molecule has 1 amide bonds. The monoisotopic (exact) mass is 304 g/mol. The van der Waals surface area contributed by atoms with Crippen molar-refractivity contribution < 1.29 is 14.3 Å². The van der Waals surface area contributed by atoms with Crippen LogP contribution in [0.1, 0.15) is 46.1 Å². The Kier molecular flexibility index (Phi) is 6.24. The molecule has 5 nitrogen and oxygen atoms in total. The topological polar surface area (TPSA) is 71.3 Å². The molecule has 1 aromatic carbocycles. The van der Waals surface area contributed by atoms with E-state index in [4.69, 9.17) is 14.7 Å². The first-order valence-corrected chi connectivity index (χ1v) is 7.36. The summed E-state index contributed by atoms with van der Waals surface area (Å²) in [5.41, 5.74) is -0.220. The molecule has 0 aliphatic carbocycles. The van der Waals surface area contributed by atoms with Gasteiger partial charge in [0, 0.05) is 12.0 Å². The summed E-state index contributed by atoms with van der Waals surface area (Å²) >= 11 is 0. The highest BCUT2D eigenvalue weighted by molar-refractivity contribution is 5.68. The number of ether oxygens (including phenoxy) is 2. The van der Waals surface area contributed by atoms with Crippen LogP contribution in [0.3, 0.4) is 0 Å². The van der Waals surface area contributed by atoms with E-state index in [2.05, 4.69) is 5.32 Å². The van der Waals surface area contributed by atoms with Gasteiger partial charge in [0.15, 0.2) is 0 Å². The van der Waals surface area contributed by atoms with E-state index in [1.807, 2.05) is 58.0 Å². The van der Waals surface area contributed by atoms with Crippen LogP contribution in [-0.4, -0.2) is 17.2 Å². The number of hydrogen-bond acceptors (Lipinski definition) is 4. The van der Waals surface area contributed by atoms with E-state index in [0.29, 0.717) is 12.8 Å². The number of rotatable bonds is 7. The van der Waals surface area contributed by atoms with Crippen molar-refractivity contribution >= 4 is 6.09 Å². The van der Waals surface area contributed by atoms with Gasteiger partial charge in [-0.1, -0.05) is 37.3 Å². The lowest BCUT2D eigenvalue weighted by Gasteiger charge is -2.35. The van der Waals surface area contributed by atoms with Gasteiger partial charge in [0.1, 0.15) is 12.2 Å². The SMILES string of the molecule is CCC(C)(CC(C)(C)NC(=O)OCc1ccccc1)OC#N. The third-order valence-electron chi connectivity index (χ3n) is 3.51. The molecule has 1 unspecified atom stereocenters. The molecule has 0 saturated heterocycles. The van der Waals surface area contributed by atoms with Gasteiger partial charge < -0.3 is 14.8 Å². The first kappa shape index (κ1) is 17.8. The Morgan fingerprint density at radius 1 is 1.27 bits per heavy atom. The molecule has 0 bridgehead atoms. The molecule has 0 aliphatic heterocycles. The molecule has 22 heavy (non-hydrogen) atoms. The normalized spacial score (nSPS) is 13.6. The fraction of sp³-hybridized carbons (Fsp3) is 0.529. The van der Waals surface area contributed by atoms with Crippen LogP contribution >= 0.6 is 0 Å². The number of nitrogens with zero attached hydrogens (tertiary/aromatic N) is 1. The summed E-state index contributed by atoms with van der Waals surface area (Å²) in [6, 6.07) is 9.49. The highest BCUT2D eigenvalue weighted by atomic mass is 16.5. The van der Waals surface area contributed by atoms with Crippen molar-refractivity contribution in [2.75, 3.05) is 0 Å². The fourth-order valence-electron chi connectivity index (χ4n) is 2.36. The Balaban J connectivity index is 2.52. The largest absolute Gasteiger partial charge is 0.445 e. The van der Waals surface area contributed by atoms with E-state index < -0.39 is 17.2 Å². The summed E-state index contributed by atoms with van der Waals surface area (Å²) in [5.74, 6) is 0. The Morgan fingerprint density at radius 3 is 2.45 bits per heavy atom. The number of carbonyl (C=O) groups excluding carboxylic acids is 1. The molecule has 0 aliphatic rings. The van der Waals surface area contributed by atoms with Crippen LogP contribution < -0.4 is 5.32 Å². The standard InChI is InChI=1S/C17H24N2O3/c1-5-17(4,22-13-18)12-16(2,3)19-15(20)21-11-14-9-7-6-8-10-14/h6-10H,5,11-12H2,1-4H3,(H,19,20). The van der Waals surface area contributed by atoms with E-state index in [1.165, 1.54) is 0 Å². The van der Waals surface area contributed by atoms with Gasteiger partial charge in [-0.05, 0) is 32.8 Å². The lowest BCUT2D eigenvalue weighted by atomic mass is 9.86. The van der Waals surface area contributed by atoms with Gasteiger partial charge in [-0.25, -0.2) is 4.79 Å². The summed E-state index contributed by atoms with van der Waals surface area (Å²) in [6.07, 6.45) is 2.43. The lowest BCUT2D eigenvalue weighted by molar-refractivity contribution is 0.0172. The molecule has 1 rings (SSSR count). The maximum absolute atomic E-state index is 11.9. The second kappa shape index (κ2) is 7.69. The van der Waals surface area contributed by atoms with E-state index in [-0.39, 0.29) is 6.61 Å². The van der Waals surface area contributed by atoms with Crippen molar-refractivity contribution in [2.45, 2.75) is 58.3 Å². The van der Waals surface area contributed by atoms with Crippen molar-refractivity contribution in [3.05, 3.63) is 35.9 Å². The quantitative estimate of drug-likeness (QED) is 0.779. The number of carbonyl (C=O) groups is 1. The van der Waals surface area contributed by atoms with Gasteiger partial charge in [0.25, 0.3) is 6.26 Å². The Hall–Kier alpha value is -2.22. The Labute approximate surface area is 132 Å². The zero-order valence-corrected chi connectivity index (χ0v) is 13.7. The van der Waals surface area contributed by atoms with Crippen molar-refractivity contribution in [3.63, 3.8) is 0 Å². The van der Waals surface area contributed by atoms with E-state index in [0.717, 1.165) is 5.56 Å². The molecule has 0 aromatic heterocycles. The molecule has 0 radical (unpaired) electrons. The number of amides is 1. The smallest absolute Gasteiger partial charge is 0.407 e. The van der Waals surface area contributed by atoms with E-state index in [9.17, 15) is 4.79 Å². The summed E-state index contributed by atoms with van der Waals surface area (Å²) in [5, 5.41) is 11.6. The maximum atomic E-state index is 11.9. The molecule has 1 atom stereocenters. The molecule has 0 heterocycles. The summed E-state index contributed by atoms with van der Waals surface area (Å²) < 4.78 is 10.4. The number of nitrogens with one attached hydrogen (secondary N) is 1. The number of benzene rings is 1. The van der Waals surface area contributed by atoms with Gasteiger partial charge >= 0.3 is 6.09 Å². The molecule has 1 N–H and O–H groups in total. The lowest BCUT2D eigenvalue weighted by Crippen LogP contribution is -2.49. The number of hydrogen-bond donors (Lipinski definition) is 1. The van der Waals surface area contributed by atoms with Crippen LogP contribution in [0, 0.1) is 11.5 Å². The van der Waals surface area contributed by atoms with Gasteiger partial charge in [-0.15, -0.1) is 0 Å². The van der Waals surface area contributed by atoms with Crippen molar-refractivity contribution in [1.29, 1.82) is 5.26 Å². The summed E-state index contributed by atoms with van der Waals surface area (Å²) in [4.78, 5) is 11.9. The Morgan fingerprint density at radius 2 is 1.91 bits per heavy atom. The average Bonchev–Trinajstić information content (AvgIpc) is 2.45. The molecular weight excluding hydrogens is 280 g/mol. The first-order valence-electron chi connectivity index (χ1n) is 7.36. The highest BCUT2D eigenvalue weighted by Crippen LogP contribution is 2.26. The minimum Gasteiger partial charge on any atom is -0.445 e. The second-order valence-electron chi connectivity index (χ2n) is 6.24. The second-order valence-corrected chi connectivity index (χ2v) is 6.24. The van der Waals surface area contributed by atoms with Gasteiger partial charge in [-0.2, -0.15) is 5.26 Å². The van der Waals surface area contributed by atoms with Crippen LogP contribution in [-0.2, 0) is 16.1 Å². The molecular formula is C17H24N2O3. The molecule has 1 aromatic rings. The van der Waals surface area contributed by atoms with Crippen LogP contribution in [0.5, 0.6) is 0 Å². The van der Waals surface area contributed by atoms with Crippen LogP contribution in [0.15, 0.2) is 30.3 Å². The van der Waals surface area contributed by atoms with Crippen LogP contribution in [0.25, 0.3) is 0 Å². The number of nitriles is 1. The van der Waals surface area contributed by atoms with E-state index >= 15 is 0 Å². The van der Waals surface area contributed by atoms with Crippen LogP contribution in [0.4, 0.5) is 4.79 Å². The van der Waals surface area contributed by atoms with Crippen molar-refractivity contribution in [3.8, 4) is 6.26 Å². The van der Waals surface area contributed by atoms with Crippen LogP contribution in [0.2, 0.25) is 0 Å². The third-order valence-corrected chi connectivity index (χ3v) is 3.51. The molecule has 0 fully saturated rings. The predicted octanol–water partition coefficient (Wildman–Crippen LogP) is 3.75. The number of alkyl carbamates (subject to hydrolysis) is 1. The molecule has 120 valence electrons. The zero-order valence-electron chi connectivity index (χ0n) is 13.7. The fourth-order valence-corrected chi connectivity index (χ4v) is 2.36. The maximum Gasteiger partial charge on any atom is 0.407 e. The van der Waals surface area contributed by atoms with Gasteiger partial charge in [-0.3, -0.25) is 0 Å². The van der Waals surface area contributed by atoms with Crippen molar-refractivity contribution in [2.24, 2.45) is 0 Å². The predicted molar refractivity (Wildman–Crippen MR) is 83.9 cm³/mol. The summed E-state index contributed by atoms with van der Waals surface area (Å²) in [6.45, 7) is 7.79. The van der Waals surface area contributed by atoms with E-state index in [1.54, 1.807) is 6.26 Å². The van der Waals surface area contributed by atoms with Gasteiger partial charge in [0.05, 0.1) is 0 Å². The molecule has 0 spiro atoms. The minimum atomic E-state index is -0.606. The highest BCUT2D eigenvalue weighted by Gasteiger charge is 2.34. The Bertz CT molecular complexity index is 522. The average molecular weight is 304 g/mol. The van der Waals surface area contributed by atoms with Crippen molar-refractivity contribution in [1.82, 2.24) is 5.32 Å². The minimum absolute atomic E-state index is 0.225. The summed E-state index contributed by atoms with van der Waals surface area (Å²) in [7, 11) is 0. The molecule has 5 heteroatoms. The molecule has 0 saturated carbocycles. The zero-order chi connectivity index (χ0) is 16.6.